The van der Waals surface area contributed by atoms with Gasteiger partial charge in [-0.15, -0.1) is 0 Å². The molecule has 2 atom stereocenters. The second-order valence-electron chi connectivity index (χ2n) is 6.27. The van der Waals surface area contributed by atoms with Crippen LogP contribution in [0.15, 0.2) is 12.4 Å². The molecule has 0 N–H and O–H groups in total. The van der Waals surface area contributed by atoms with Gasteiger partial charge in [-0.1, -0.05) is 0 Å². The van der Waals surface area contributed by atoms with Crippen LogP contribution in [0.25, 0.3) is 0 Å². The molecule has 4 rings (SSSR count). The van der Waals surface area contributed by atoms with Crippen LogP contribution in [0, 0.1) is 18.8 Å². The number of anilines is 2. The van der Waals surface area contributed by atoms with E-state index in [0.717, 1.165) is 48.6 Å². The summed E-state index contributed by atoms with van der Waals surface area (Å²) in [5, 5.41) is 1.02. The molecule has 2 saturated heterocycles. The molecule has 0 saturated carbocycles. The summed E-state index contributed by atoms with van der Waals surface area (Å²) in [7, 11) is 1.67. The van der Waals surface area contributed by atoms with E-state index in [9.17, 15) is 0 Å². The van der Waals surface area contributed by atoms with E-state index < -0.39 is 0 Å². The summed E-state index contributed by atoms with van der Waals surface area (Å²) in [5.74, 6) is 3.17. The molecule has 0 amide bonds. The minimum absolute atomic E-state index is 0.484. The van der Waals surface area contributed by atoms with E-state index in [4.69, 9.17) is 4.74 Å². The Labute approximate surface area is 139 Å². The number of ether oxygens (including phenoxy) is 1. The van der Waals surface area contributed by atoms with E-state index in [1.165, 1.54) is 11.5 Å². The van der Waals surface area contributed by atoms with E-state index in [2.05, 4.69) is 35.2 Å². The second kappa shape index (κ2) is 6.01. The van der Waals surface area contributed by atoms with Crippen molar-refractivity contribution in [3.8, 4) is 0 Å². The molecule has 122 valence electrons. The van der Waals surface area contributed by atoms with Crippen molar-refractivity contribution in [2.24, 2.45) is 11.8 Å². The maximum atomic E-state index is 5.10. The van der Waals surface area contributed by atoms with Crippen LogP contribution in [-0.2, 0) is 11.3 Å². The molecule has 8 heteroatoms. The maximum Gasteiger partial charge on any atom is 0.205 e. The van der Waals surface area contributed by atoms with E-state index >= 15 is 0 Å². The highest BCUT2D eigenvalue weighted by atomic mass is 32.1. The molecular weight excluding hydrogens is 312 g/mol. The highest BCUT2D eigenvalue weighted by molar-refractivity contribution is 7.09. The van der Waals surface area contributed by atoms with E-state index in [0.29, 0.717) is 18.4 Å². The van der Waals surface area contributed by atoms with Gasteiger partial charge in [-0.25, -0.2) is 15.0 Å². The summed E-state index contributed by atoms with van der Waals surface area (Å²) >= 11 is 1.48. The quantitative estimate of drug-likeness (QED) is 0.837. The maximum absolute atomic E-state index is 5.10. The molecule has 2 aromatic heterocycles. The number of nitrogens with zero attached hydrogens (tertiary/aromatic N) is 6. The third-order valence-corrected chi connectivity index (χ3v) is 5.42. The number of aryl methyl sites for hydroxylation is 1. The van der Waals surface area contributed by atoms with Gasteiger partial charge >= 0.3 is 0 Å². The lowest BCUT2D eigenvalue weighted by molar-refractivity contribution is 0.179. The first-order chi connectivity index (χ1) is 11.2. The third kappa shape index (κ3) is 2.88. The topological polar surface area (TPSA) is 67.3 Å². The zero-order valence-electron chi connectivity index (χ0n) is 13.3. The number of methoxy groups -OCH3 is 1. The summed E-state index contributed by atoms with van der Waals surface area (Å²) < 4.78 is 9.45. The number of aromatic nitrogens is 4. The molecule has 2 fully saturated rings. The average Bonchev–Trinajstić information content (AvgIpc) is 3.20. The minimum Gasteiger partial charge on any atom is -0.377 e. The normalized spacial score (nSPS) is 23.6. The number of hydrogen-bond donors (Lipinski definition) is 0. The number of rotatable bonds is 4. The largest absolute Gasteiger partial charge is 0.377 e. The van der Waals surface area contributed by atoms with Gasteiger partial charge in [0.25, 0.3) is 0 Å². The first-order valence-corrected chi connectivity index (χ1v) is 8.60. The molecule has 0 aromatic carbocycles. The molecule has 0 spiro atoms. The molecule has 0 radical (unpaired) electrons. The van der Waals surface area contributed by atoms with Crippen LogP contribution in [-0.4, -0.2) is 52.6 Å². The molecule has 2 aliphatic rings. The molecule has 2 unspecified atom stereocenters. The average molecular weight is 332 g/mol. The molecule has 4 heterocycles. The van der Waals surface area contributed by atoms with Crippen LogP contribution < -0.4 is 9.80 Å². The molecule has 7 nitrogen and oxygen atoms in total. The first kappa shape index (κ1) is 14.8. The third-order valence-electron chi connectivity index (χ3n) is 4.60. The summed E-state index contributed by atoms with van der Waals surface area (Å²) in [5.41, 5.74) is 1.02. The van der Waals surface area contributed by atoms with Crippen molar-refractivity contribution in [1.29, 1.82) is 0 Å². The standard InChI is InChI=1S/C15H20N6OS/c1-10-3-14(17-9-16-10)20-4-11-6-21(7-12(11)5-20)15-18-13(8-22-2)19-23-15/h3,9,11-12H,4-8H2,1-2H3. The summed E-state index contributed by atoms with van der Waals surface area (Å²) in [6, 6.07) is 2.07. The van der Waals surface area contributed by atoms with Gasteiger partial charge in [-0.05, 0) is 6.92 Å². The van der Waals surface area contributed by atoms with E-state index in [1.54, 1.807) is 13.4 Å². The van der Waals surface area contributed by atoms with Crippen LogP contribution in [0.5, 0.6) is 0 Å². The van der Waals surface area contributed by atoms with Crippen molar-refractivity contribution in [3.63, 3.8) is 0 Å². The fourth-order valence-electron chi connectivity index (χ4n) is 3.51. The van der Waals surface area contributed by atoms with Gasteiger partial charge in [0.15, 0.2) is 5.82 Å². The second-order valence-corrected chi connectivity index (χ2v) is 7.00. The summed E-state index contributed by atoms with van der Waals surface area (Å²) in [6.45, 7) is 6.71. The molecule has 2 aliphatic heterocycles. The molecular formula is C15H20N6OS. The lowest BCUT2D eigenvalue weighted by Crippen LogP contribution is -2.29. The van der Waals surface area contributed by atoms with Gasteiger partial charge in [0.1, 0.15) is 18.8 Å². The molecule has 2 aromatic rings. The van der Waals surface area contributed by atoms with Gasteiger partial charge in [0.2, 0.25) is 5.13 Å². The predicted octanol–water partition coefficient (Wildman–Crippen LogP) is 1.36. The van der Waals surface area contributed by atoms with Crippen LogP contribution >= 0.6 is 11.5 Å². The van der Waals surface area contributed by atoms with Gasteiger partial charge in [0.05, 0.1) is 0 Å². The van der Waals surface area contributed by atoms with Crippen LogP contribution in [0.2, 0.25) is 0 Å². The van der Waals surface area contributed by atoms with Crippen molar-refractivity contribution < 1.29 is 4.74 Å². The molecule has 23 heavy (non-hydrogen) atoms. The summed E-state index contributed by atoms with van der Waals surface area (Å²) in [6.07, 6.45) is 1.66. The SMILES string of the molecule is COCc1nsc(N2CC3CN(c4cc(C)ncn4)CC3C2)n1. The van der Waals surface area contributed by atoms with Crippen molar-refractivity contribution in [2.45, 2.75) is 13.5 Å². The molecule has 0 aliphatic carbocycles. The van der Waals surface area contributed by atoms with Gasteiger partial charge in [-0.3, -0.25) is 0 Å². The fourth-order valence-corrected chi connectivity index (χ4v) is 4.20. The summed E-state index contributed by atoms with van der Waals surface area (Å²) in [4.78, 5) is 17.9. The Hall–Kier alpha value is -1.80. The first-order valence-electron chi connectivity index (χ1n) is 7.83. The van der Waals surface area contributed by atoms with Crippen LogP contribution in [0.4, 0.5) is 10.9 Å². The smallest absolute Gasteiger partial charge is 0.205 e. The van der Waals surface area contributed by atoms with Gasteiger partial charge in [-0.2, -0.15) is 4.37 Å². The Balaban J connectivity index is 1.41. The highest BCUT2D eigenvalue weighted by Crippen LogP contribution is 2.36. The van der Waals surface area contributed by atoms with E-state index in [-0.39, 0.29) is 0 Å². The van der Waals surface area contributed by atoms with Crippen molar-refractivity contribution >= 4 is 22.5 Å². The Morgan fingerprint density at radius 2 is 1.91 bits per heavy atom. The zero-order valence-corrected chi connectivity index (χ0v) is 14.2. The Morgan fingerprint density at radius 3 is 2.61 bits per heavy atom. The van der Waals surface area contributed by atoms with Gasteiger partial charge < -0.3 is 14.5 Å². The van der Waals surface area contributed by atoms with Gasteiger partial charge in [0, 0.05) is 68.4 Å². The predicted molar refractivity (Wildman–Crippen MR) is 88.8 cm³/mol. The lowest BCUT2D eigenvalue weighted by Gasteiger charge is -2.21. The minimum atomic E-state index is 0.484. The van der Waals surface area contributed by atoms with Crippen LogP contribution in [0.1, 0.15) is 11.5 Å². The number of hydrogen-bond acceptors (Lipinski definition) is 8. The number of fused-ring (bicyclic) bond motifs is 1. The lowest BCUT2D eigenvalue weighted by atomic mass is 10.0. The highest BCUT2D eigenvalue weighted by Gasteiger charge is 2.41. The Bertz CT molecular complexity index is 678. The monoisotopic (exact) mass is 332 g/mol. The Kier molecular flexibility index (Phi) is 3.86. The molecule has 0 bridgehead atoms. The van der Waals surface area contributed by atoms with E-state index in [1.807, 2.05) is 6.92 Å². The van der Waals surface area contributed by atoms with Crippen molar-refractivity contribution in [2.75, 3.05) is 43.1 Å². The van der Waals surface area contributed by atoms with Crippen molar-refractivity contribution in [1.82, 2.24) is 19.3 Å². The Morgan fingerprint density at radius 1 is 1.17 bits per heavy atom. The van der Waals surface area contributed by atoms with Crippen LogP contribution in [0.3, 0.4) is 0 Å². The zero-order chi connectivity index (χ0) is 15.8. The fraction of sp³-hybridized carbons (Fsp3) is 0.600. The van der Waals surface area contributed by atoms with Crippen molar-refractivity contribution in [3.05, 3.63) is 23.9 Å².